The minimum atomic E-state index is 0.747. The molecule has 0 atom stereocenters. The van der Waals surface area contributed by atoms with E-state index in [9.17, 15) is 0 Å². The molecular weight excluding hydrogens is 208 g/mol. The van der Waals surface area contributed by atoms with E-state index < -0.39 is 0 Å². The Labute approximate surface area is 95.1 Å². The average molecular weight is 226 g/mol. The molecule has 1 saturated heterocycles. The van der Waals surface area contributed by atoms with Crippen LogP contribution in [-0.2, 0) is 4.74 Å². The molecule has 0 aliphatic carbocycles. The van der Waals surface area contributed by atoms with Gasteiger partial charge in [0.25, 0.3) is 0 Å². The van der Waals surface area contributed by atoms with Crippen molar-refractivity contribution in [3.63, 3.8) is 0 Å². The zero-order chi connectivity index (χ0) is 10.5. The van der Waals surface area contributed by atoms with Crippen LogP contribution in [0.4, 0.5) is 0 Å². The minimum Gasteiger partial charge on any atom is -0.383 e. The van der Waals surface area contributed by atoms with E-state index in [0.717, 1.165) is 19.1 Å². The number of methoxy groups -OCH3 is 1. The minimum absolute atomic E-state index is 0.747. The van der Waals surface area contributed by atoms with E-state index in [-0.39, 0.29) is 0 Å². The maximum absolute atomic E-state index is 5.09. The lowest BCUT2D eigenvalue weighted by Gasteiger charge is -2.31. The molecule has 4 heteroatoms. The molecule has 0 amide bonds. The largest absolute Gasteiger partial charge is 0.383 e. The van der Waals surface area contributed by atoms with Crippen LogP contribution >= 0.6 is 11.3 Å². The topological polar surface area (TPSA) is 25.4 Å². The summed E-state index contributed by atoms with van der Waals surface area (Å²) in [5.41, 5.74) is 1.94. The first-order valence-corrected chi connectivity index (χ1v) is 6.38. The molecule has 1 aromatic rings. The van der Waals surface area contributed by atoms with Gasteiger partial charge in [0.15, 0.2) is 0 Å². The van der Waals surface area contributed by atoms with Crippen molar-refractivity contribution >= 4 is 11.3 Å². The second-order valence-corrected chi connectivity index (χ2v) is 4.93. The van der Waals surface area contributed by atoms with Gasteiger partial charge >= 0.3 is 0 Å². The molecule has 2 heterocycles. The fraction of sp³-hybridized carbons (Fsp3) is 0.727. The molecule has 3 nitrogen and oxygen atoms in total. The lowest BCUT2D eigenvalue weighted by molar-refractivity contribution is 0.130. The Bertz CT molecular complexity index is 268. The number of rotatable bonds is 4. The molecule has 0 saturated carbocycles. The molecule has 15 heavy (non-hydrogen) atoms. The van der Waals surface area contributed by atoms with Gasteiger partial charge in [-0.15, -0.1) is 11.3 Å². The first kappa shape index (κ1) is 11.0. The van der Waals surface area contributed by atoms with E-state index in [1.54, 1.807) is 18.4 Å². The van der Waals surface area contributed by atoms with Crippen molar-refractivity contribution in [3.05, 3.63) is 16.6 Å². The van der Waals surface area contributed by atoms with Gasteiger partial charge < -0.3 is 9.64 Å². The molecule has 0 N–H and O–H groups in total. The fourth-order valence-corrected chi connectivity index (χ4v) is 2.88. The van der Waals surface area contributed by atoms with Gasteiger partial charge in [0.2, 0.25) is 0 Å². The molecule has 1 aliphatic heterocycles. The van der Waals surface area contributed by atoms with Crippen LogP contribution in [0.15, 0.2) is 11.7 Å². The predicted octanol–water partition coefficient (Wildman–Crippen LogP) is 1.97. The van der Waals surface area contributed by atoms with E-state index in [1.165, 1.54) is 30.8 Å². The summed E-state index contributed by atoms with van der Waals surface area (Å²) in [6.07, 6.45) is 4.57. The molecule has 2 rings (SSSR count). The van der Waals surface area contributed by atoms with Crippen molar-refractivity contribution < 1.29 is 4.74 Å². The monoisotopic (exact) mass is 226 g/mol. The Morgan fingerprint density at radius 2 is 2.33 bits per heavy atom. The second kappa shape index (κ2) is 5.58. The van der Waals surface area contributed by atoms with Crippen LogP contribution in [0.2, 0.25) is 0 Å². The van der Waals surface area contributed by atoms with Crippen molar-refractivity contribution in [2.24, 2.45) is 0 Å². The summed E-state index contributed by atoms with van der Waals surface area (Å²) in [6.45, 7) is 4.33. The van der Waals surface area contributed by atoms with Crippen LogP contribution in [0.25, 0.3) is 0 Å². The summed E-state index contributed by atoms with van der Waals surface area (Å²) in [6, 6.07) is 0. The number of likely N-dealkylation sites (tertiary alicyclic amines) is 1. The van der Waals surface area contributed by atoms with Gasteiger partial charge in [-0.1, -0.05) is 0 Å². The maximum atomic E-state index is 5.09. The van der Waals surface area contributed by atoms with Crippen molar-refractivity contribution in [2.45, 2.75) is 18.8 Å². The summed E-state index contributed by atoms with van der Waals surface area (Å²) in [5.74, 6) is 0.747. The molecule has 1 aliphatic rings. The molecule has 0 radical (unpaired) electrons. The zero-order valence-electron chi connectivity index (χ0n) is 9.19. The number of hydrogen-bond donors (Lipinski definition) is 0. The Balaban J connectivity index is 1.77. The quantitative estimate of drug-likeness (QED) is 0.785. The second-order valence-electron chi connectivity index (χ2n) is 4.01. The maximum Gasteiger partial charge on any atom is 0.0794 e. The average Bonchev–Trinajstić information content (AvgIpc) is 2.80. The van der Waals surface area contributed by atoms with Crippen molar-refractivity contribution in [1.82, 2.24) is 9.88 Å². The molecular formula is C11H18N2OS. The first-order chi connectivity index (χ1) is 7.40. The number of ether oxygens (including phenoxy) is 1. The van der Waals surface area contributed by atoms with Crippen LogP contribution < -0.4 is 0 Å². The molecule has 0 bridgehead atoms. The smallest absolute Gasteiger partial charge is 0.0794 e. The van der Waals surface area contributed by atoms with E-state index >= 15 is 0 Å². The standard InChI is InChI=1S/C11H18N2OS/c1-14-7-6-13-4-2-10(3-5-13)11-8-12-9-15-11/h8-10H,2-7H2,1H3. The normalized spacial score (nSPS) is 19.5. The first-order valence-electron chi connectivity index (χ1n) is 5.50. The highest BCUT2D eigenvalue weighted by Crippen LogP contribution is 2.29. The van der Waals surface area contributed by atoms with E-state index in [1.807, 2.05) is 11.7 Å². The van der Waals surface area contributed by atoms with Crippen LogP contribution in [0.3, 0.4) is 0 Å². The number of hydrogen-bond acceptors (Lipinski definition) is 4. The summed E-state index contributed by atoms with van der Waals surface area (Å²) < 4.78 is 5.09. The van der Waals surface area contributed by atoms with Crippen LogP contribution in [0.5, 0.6) is 0 Å². The SMILES string of the molecule is COCCN1CCC(c2cncs2)CC1. The van der Waals surface area contributed by atoms with E-state index in [2.05, 4.69) is 9.88 Å². The molecule has 0 unspecified atom stereocenters. The van der Waals surface area contributed by atoms with Crippen LogP contribution in [0.1, 0.15) is 23.6 Å². The Morgan fingerprint density at radius 1 is 1.53 bits per heavy atom. The highest BCUT2D eigenvalue weighted by Gasteiger charge is 2.20. The van der Waals surface area contributed by atoms with Gasteiger partial charge in [0.05, 0.1) is 12.1 Å². The van der Waals surface area contributed by atoms with Gasteiger partial charge in [0, 0.05) is 24.7 Å². The highest BCUT2D eigenvalue weighted by molar-refractivity contribution is 7.09. The van der Waals surface area contributed by atoms with E-state index in [0.29, 0.717) is 0 Å². The molecule has 0 spiro atoms. The lowest BCUT2D eigenvalue weighted by Crippen LogP contribution is -2.35. The third-order valence-corrected chi connectivity index (χ3v) is 3.99. The Kier molecular flexibility index (Phi) is 4.11. The van der Waals surface area contributed by atoms with Gasteiger partial charge in [-0.05, 0) is 31.8 Å². The van der Waals surface area contributed by atoms with Crippen molar-refractivity contribution in [3.8, 4) is 0 Å². The molecule has 1 aromatic heterocycles. The van der Waals surface area contributed by atoms with Crippen molar-refractivity contribution in [2.75, 3.05) is 33.4 Å². The highest BCUT2D eigenvalue weighted by atomic mass is 32.1. The molecule has 0 aromatic carbocycles. The fourth-order valence-electron chi connectivity index (χ4n) is 2.09. The van der Waals surface area contributed by atoms with Crippen LogP contribution in [-0.4, -0.2) is 43.2 Å². The Morgan fingerprint density at radius 3 is 2.93 bits per heavy atom. The van der Waals surface area contributed by atoms with Gasteiger partial charge in [0.1, 0.15) is 0 Å². The van der Waals surface area contributed by atoms with Gasteiger partial charge in [-0.25, -0.2) is 0 Å². The zero-order valence-corrected chi connectivity index (χ0v) is 10.0. The third kappa shape index (κ3) is 3.00. The summed E-state index contributed by atoms with van der Waals surface area (Å²) in [5, 5.41) is 0. The number of piperidine rings is 1. The third-order valence-electron chi connectivity index (χ3n) is 3.05. The Hall–Kier alpha value is -0.450. The predicted molar refractivity (Wildman–Crippen MR) is 62.4 cm³/mol. The van der Waals surface area contributed by atoms with Crippen LogP contribution in [0, 0.1) is 0 Å². The van der Waals surface area contributed by atoms with Gasteiger partial charge in [-0.3, -0.25) is 4.98 Å². The number of nitrogens with zero attached hydrogens (tertiary/aromatic N) is 2. The molecule has 84 valence electrons. The molecule has 1 fully saturated rings. The summed E-state index contributed by atoms with van der Waals surface area (Å²) in [7, 11) is 1.77. The number of thiazole rings is 1. The van der Waals surface area contributed by atoms with E-state index in [4.69, 9.17) is 4.74 Å². The van der Waals surface area contributed by atoms with Gasteiger partial charge in [-0.2, -0.15) is 0 Å². The summed E-state index contributed by atoms with van der Waals surface area (Å²) in [4.78, 5) is 8.10. The van der Waals surface area contributed by atoms with Crippen molar-refractivity contribution in [1.29, 1.82) is 0 Å². The summed E-state index contributed by atoms with van der Waals surface area (Å²) >= 11 is 1.79. The lowest BCUT2D eigenvalue weighted by atomic mass is 9.96. The number of aromatic nitrogens is 1.